The topological polar surface area (TPSA) is 67.9 Å². The lowest BCUT2D eigenvalue weighted by Crippen LogP contribution is -2.17. The maximum absolute atomic E-state index is 9.52. The van der Waals surface area contributed by atoms with Gasteiger partial charge in [0.15, 0.2) is 0 Å². The van der Waals surface area contributed by atoms with Crippen molar-refractivity contribution in [1.82, 2.24) is 5.16 Å². The van der Waals surface area contributed by atoms with Crippen molar-refractivity contribution < 1.29 is 14.4 Å². The molecule has 0 amide bonds. The first-order valence-corrected chi connectivity index (χ1v) is 6.42. The van der Waals surface area contributed by atoms with Gasteiger partial charge >= 0.3 is 0 Å². The van der Waals surface area contributed by atoms with Gasteiger partial charge in [-0.25, -0.2) is 4.99 Å². The fourth-order valence-electron chi connectivity index (χ4n) is 1.97. The Labute approximate surface area is 113 Å². The highest BCUT2D eigenvalue weighted by molar-refractivity contribution is 5.97. The third-order valence-electron chi connectivity index (χ3n) is 3.05. The number of hydrogen-bond acceptors (Lipinski definition) is 5. The van der Waals surface area contributed by atoms with Crippen LogP contribution in [-0.4, -0.2) is 34.4 Å². The van der Waals surface area contributed by atoms with Crippen LogP contribution in [0.2, 0.25) is 0 Å². The van der Waals surface area contributed by atoms with Gasteiger partial charge in [-0.05, 0) is 27.2 Å². The maximum atomic E-state index is 9.52. The highest BCUT2D eigenvalue weighted by atomic mass is 16.5. The summed E-state index contributed by atoms with van der Waals surface area (Å²) in [5.41, 5.74) is 1.37. The molecule has 19 heavy (non-hydrogen) atoms. The van der Waals surface area contributed by atoms with Crippen molar-refractivity contribution in [3.63, 3.8) is 0 Å². The lowest BCUT2D eigenvalue weighted by atomic mass is 10.1. The van der Waals surface area contributed by atoms with E-state index in [1.54, 1.807) is 0 Å². The van der Waals surface area contributed by atoms with E-state index in [4.69, 9.17) is 9.26 Å². The first-order valence-electron chi connectivity index (χ1n) is 6.42. The Hall–Kier alpha value is -1.62. The average Bonchev–Trinajstić information content (AvgIpc) is 2.89. The Morgan fingerprint density at radius 2 is 2.26 bits per heavy atom. The van der Waals surface area contributed by atoms with E-state index in [9.17, 15) is 5.11 Å². The minimum atomic E-state index is -0.541. The summed E-state index contributed by atoms with van der Waals surface area (Å²) in [5, 5.41) is 13.5. The van der Waals surface area contributed by atoms with E-state index < -0.39 is 6.10 Å². The second kappa shape index (κ2) is 5.17. The third kappa shape index (κ3) is 3.04. The van der Waals surface area contributed by atoms with E-state index in [2.05, 4.69) is 16.7 Å². The quantitative estimate of drug-likeness (QED) is 0.826. The van der Waals surface area contributed by atoms with Crippen LogP contribution in [-0.2, 0) is 11.2 Å². The first-order chi connectivity index (χ1) is 8.93. The summed E-state index contributed by atoms with van der Waals surface area (Å²) in [6.45, 7) is 10.0. The lowest BCUT2D eigenvalue weighted by Gasteiger charge is -2.07. The number of nitrogens with zero attached hydrogens (tertiary/aromatic N) is 2. The molecule has 5 heteroatoms. The molecule has 1 aliphatic rings. The van der Waals surface area contributed by atoms with E-state index in [0.29, 0.717) is 31.1 Å². The predicted octanol–water partition coefficient (Wildman–Crippen LogP) is 2.02. The summed E-state index contributed by atoms with van der Waals surface area (Å²) in [6, 6.07) is 0. The summed E-state index contributed by atoms with van der Waals surface area (Å²) >= 11 is 0. The lowest BCUT2D eigenvalue weighted by molar-refractivity contribution is 0.208. The molecule has 1 atom stereocenters. The number of aryl methyl sites for hydroxylation is 2. The minimum absolute atomic E-state index is 0.211. The molecule has 1 N–H and O–H groups in total. The number of aliphatic hydroxyl groups excluding tert-OH is 1. The third-order valence-corrected chi connectivity index (χ3v) is 3.05. The summed E-state index contributed by atoms with van der Waals surface area (Å²) < 4.78 is 10.9. The predicted molar refractivity (Wildman–Crippen MR) is 72.3 cm³/mol. The normalized spacial score (nSPS) is 18.8. The van der Waals surface area contributed by atoms with Crippen LogP contribution >= 0.6 is 0 Å². The molecule has 0 saturated carbocycles. The van der Waals surface area contributed by atoms with Gasteiger partial charge in [-0.15, -0.1) is 6.58 Å². The van der Waals surface area contributed by atoms with Gasteiger partial charge in [-0.3, -0.25) is 0 Å². The second-order valence-corrected chi connectivity index (χ2v) is 5.43. The average molecular weight is 264 g/mol. The largest absolute Gasteiger partial charge is 0.475 e. The molecular formula is C14H20N2O3. The standard InChI is InChI=1S/C14H20N2O3/c1-5-10(17)6-7-11-12(9(2)16-19-11)13-15-14(3,4)8-18-13/h5,10,17H,1,6-8H2,2-4H3. The van der Waals surface area contributed by atoms with Crippen molar-refractivity contribution in [2.75, 3.05) is 6.61 Å². The van der Waals surface area contributed by atoms with Crippen LogP contribution in [0, 0.1) is 6.92 Å². The van der Waals surface area contributed by atoms with Crippen LogP contribution in [0.3, 0.4) is 0 Å². The maximum Gasteiger partial charge on any atom is 0.222 e. The summed E-state index contributed by atoms with van der Waals surface area (Å²) in [5.74, 6) is 1.29. The molecule has 104 valence electrons. The zero-order chi connectivity index (χ0) is 14.0. The first kappa shape index (κ1) is 13.8. The molecule has 0 fully saturated rings. The Morgan fingerprint density at radius 1 is 1.53 bits per heavy atom. The van der Waals surface area contributed by atoms with Crippen molar-refractivity contribution >= 4 is 5.90 Å². The molecule has 0 spiro atoms. The number of aromatic nitrogens is 1. The molecule has 0 aromatic carbocycles. The van der Waals surface area contributed by atoms with Crippen molar-refractivity contribution in [2.24, 2.45) is 4.99 Å². The zero-order valence-corrected chi connectivity index (χ0v) is 11.6. The van der Waals surface area contributed by atoms with Gasteiger partial charge in [0.2, 0.25) is 5.90 Å². The van der Waals surface area contributed by atoms with E-state index in [0.717, 1.165) is 11.3 Å². The van der Waals surface area contributed by atoms with Gasteiger partial charge in [-0.1, -0.05) is 11.2 Å². The van der Waals surface area contributed by atoms with Crippen molar-refractivity contribution in [3.8, 4) is 0 Å². The fourth-order valence-corrected chi connectivity index (χ4v) is 1.97. The Bertz CT molecular complexity index is 503. The van der Waals surface area contributed by atoms with E-state index in [-0.39, 0.29) is 5.54 Å². The highest BCUT2D eigenvalue weighted by Crippen LogP contribution is 2.25. The smallest absolute Gasteiger partial charge is 0.222 e. The Balaban J connectivity index is 2.21. The van der Waals surface area contributed by atoms with E-state index in [1.165, 1.54) is 6.08 Å². The van der Waals surface area contributed by atoms with Gasteiger partial charge in [0.05, 0.1) is 17.3 Å². The molecule has 1 aromatic rings. The van der Waals surface area contributed by atoms with Crippen molar-refractivity contribution in [3.05, 3.63) is 29.7 Å². The number of aliphatic imine (C=N–C) groups is 1. The van der Waals surface area contributed by atoms with Gasteiger partial charge in [0, 0.05) is 6.42 Å². The van der Waals surface area contributed by atoms with Crippen molar-refractivity contribution in [1.29, 1.82) is 0 Å². The molecule has 1 aromatic heterocycles. The van der Waals surface area contributed by atoms with Crippen LogP contribution < -0.4 is 0 Å². The Kier molecular flexibility index (Phi) is 3.75. The van der Waals surface area contributed by atoms with Crippen LogP contribution in [0.1, 0.15) is 37.3 Å². The van der Waals surface area contributed by atoms with Gasteiger partial charge in [-0.2, -0.15) is 0 Å². The Morgan fingerprint density at radius 3 is 2.84 bits per heavy atom. The van der Waals surface area contributed by atoms with Crippen LogP contribution in [0.15, 0.2) is 22.2 Å². The van der Waals surface area contributed by atoms with E-state index in [1.807, 2.05) is 20.8 Å². The molecular weight excluding hydrogens is 244 g/mol. The SMILES string of the molecule is C=CC(O)CCc1onc(C)c1C1=NC(C)(C)CO1. The second-order valence-electron chi connectivity index (χ2n) is 5.43. The molecule has 0 radical (unpaired) electrons. The number of rotatable bonds is 5. The molecule has 1 unspecified atom stereocenters. The van der Waals surface area contributed by atoms with E-state index >= 15 is 0 Å². The monoisotopic (exact) mass is 264 g/mol. The molecule has 0 aliphatic carbocycles. The number of aliphatic hydroxyl groups is 1. The van der Waals surface area contributed by atoms with Crippen LogP contribution in [0.25, 0.3) is 0 Å². The van der Waals surface area contributed by atoms with Gasteiger partial charge < -0.3 is 14.4 Å². The summed E-state index contributed by atoms with van der Waals surface area (Å²) in [7, 11) is 0. The van der Waals surface area contributed by atoms with Gasteiger partial charge in [0.25, 0.3) is 0 Å². The van der Waals surface area contributed by atoms with Crippen LogP contribution in [0.5, 0.6) is 0 Å². The molecule has 5 nitrogen and oxygen atoms in total. The molecule has 1 aliphatic heterocycles. The van der Waals surface area contributed by atoms with Crippen molar-refractivity contribution in [2.45, 2.75) is 45.3 Å². The molecule has 2 heterocycles. The number of hydrogen-bond donors (Lipinski definition) is 1. The summed E-state index contributed by atoms with van der Waals surface area (Å²) in [6.07, 6.45) is 2.09. The molecule has 2 rings (SSSR count). The summed E-state index contributed by atoms with van der Waals surface area (Å²) in [4.78, 5) is 4.54. The zero-order valence-electron chi connectivity index (χ0n) is 11.6. The molecule has 0 bridgehead atoms. The molecule has 0 saturated heterocycles. The number of ether oxygens (including phenoxy) is 1. The minimum Gasteiger partial charge on any atom is -0.475 e. The van der Waals surface area contributed by atoms with Gasteiger partial charge in [0.1, 0.15) is 17.9 Å². The van der Waals surface area contributed by atoms with Crippen LogP contribution in [0.4, 0.5) is 0 Å². The highest BCUT2D eigenvalue weighted by Gasteiger charge is 2.31. The fraction of sp³-hybridized carbons (Fsp3) is 0.571.